The van der Waals surface area contributed by atoms with E-state index in [1.165, 1.54) is 5.56 Å². The minimum Gasteiger partial charge on any atom is -0.441 e. The molecular weight excluding hydrogens is 450 g/mol. The molecular formula is C29H29N5O2. The molecule has 0 radical (unpaired) electrons. The Bertz CT molecular complexity index is 1530. The molecule has 0 aliphatic heterocycles. The van der Waals surface area contributed by atoms with Gasteiger partial charge in [0.05, 0.1) is 17.4 Å². The number of benzene rings is 2. The van der Waals surface area contributed by atoms with Crippen LogP contribution in [0.2, 0.25) is 0 Å². The van der Waals surface area contributed by atoms with Crippen molar-refractivity contribution in [3.8, 4) is 17.1 Å². The number of rotatable bonds is 7. The molecule has 1 amide bonds. The van der Waals surface area contributed by atoms with Gasteiger partial charge in [-0.3, -0.25) is 4.79 Å². The lowest BCUT2D eigenvalue weighted by atomic mass is 10.0. The third kappa shape index (κ3) is 4.91. The summed E-state index contributed by atoms with van der Waals surface area (Å²) in [6, 6.07) is 20.1. The number of para-hydroxylation sites is 1. The van der Waals surface area contributed by atoms with Gasteiger partial charge in [-0.2, -0.15) is 9.78 Å². The standard InChI is InChI=1S/C29H29N5O2/c1-18(2)21-9-11-22(12-10-21)25-17-30-29(36-25)14-13-28(35)32-27-16-20(4)33-34(27)26-15-19(3)23-7-5-6-8-24(23)31-26/h5-12,15-18H,13-14H2,1-4H3,(H,32,35). The second-order valence-electron chi connectivity index (χ2n) is 9.34. The molecule has 5 rings (SSSR count). The second-order valence-corrected chi connectivity index (χ2v) is 9.34. The Labute approximate surface area is 210 Å². The maximum absolute atomic E-state index is 12.8. The monoisotopic (exact) mass is 479 g/mol. The molecule has 5 aromatic rings. The lowest BCUT2D eigenvalue weighted by molar-refractivity contribution is -0.116. The Hall–Kier alpha value is -4.26. The van der Waals surface area contributed by atoms with Crippen LogP contribution in [0.1, 0.15) is 48.9 Å². The average Bonchev–Trinajstić information content (AvgIpc) is 3.49. The zero-order valence-electron chi connectivity index (χ0n) is 20.9. The minimum absolute atomic E-state index is 0.144. The Balaban J connectivity index is 1.27. The maximum Gasteiger partial charge on any atom is 0.226 e. The highest BCUT2D eigenvalue weighted by Crippen LogP contribution is 2.25. The first-order valence-electron chi connectivity index (χ1n) is 12.2. The van der Waals surface area contributed by atoms with Crippen molar-refractivity contribution >= 4 is 22.6 Å². The van der Waals surface area contributed by atoms with Crippen LogP contribution in [0.4, 0.5) is 5.82 Å². The van der Waals surface area contributed by atoms with E-state index in [4.69, 9.17) is 9.40 Å². The van der Waals surface area contributed by atoms with Crippen LogP contribution in [0.3, 0.4) is 0 Å². The summed E-state index contributed by atoms with van der Waals surface area (Å²) >= 11 is 0. The summed E-state index contributed by atoms with van der Waals surface area (Å²) in [5.74, 6) is 2.81. The number of nitrogens with zero attached hydrogens (tertiary/aromatic N) is 4. The predicted molar refractivity (Wildman–Crippen MR) is 141 cm³/mol. The van der Waals surface area contributed by atoms with E-state index >= 15 is 0 Å². The molecule has 0 fully saturated rings. The van der Waals surface area contributed by atoms with Crippen LogP contribution in [0.15, 0.2) is 71.3 Å². The molecule has 7 nitrogen and oxygen atoms in total. The summed E-state index contributed by atoms with van der Waals surface area (Å²) in [6.07, 6.45) is 2.35. The SMILES string of the molecule is Cc1cc(NC(=O)CCc2ncc(-c3ccc(C(C)C)cc3)o2)n(-c2cc(C)c3ccccc3n2)n1. The van der Waals surface area contributed by atoms with Crippen molar-refractivity contribution in [2.24, 2.45) is 0 Å². The Morgan fingerprint density at radius 1 is 1.06 bits per heavy atom. The van der Waals surface area contributed by atoms with Crippen LogP contribution in [0.25, 0.3) is 28.0 Å². The summed E-state index contributed by atoms with van der Waals surface area (Å²) < 4.78 is 7.58. The molecule has 0 saturated heterocycles. The zero-order valence-corrected chi connectivity index (χ0v) is 20.9. The molecule has 0 bridgehead atoms. The van der Waals surface area contributed by atoms with Gasteiger partial charge in [0, 0.05) is 29.9 Å². The van der Waals surface area contributed by atoms with Gasteiger partial charge in [0.15, 0.2) is 17.5 Å². The lowest BCUT2D eigenvalue weighted by Crippen LogP contribution is -2.16. The molecule has 0 saturated carbocycles. The van der Waals surface area contributed by atoms with Crippen LogP contribution in [0.5, 0.6) is 0 Å². The maximum atomic E-state index is 12.8. The van der Waals surface area contributed by atoms with E-state index in [9.17, 15) is 4.79 Å². The van der Waals surface area contributed by atoms with Crippen molar-refractivity contribution in [2.75, 3.05) is 5.32 Å². The fraction of sp³-hybridized carbons (Fsp3) is 0.241. The number of amides is 1. The molecule has 7 heteroatoms. The molecule has 0 atom stereocenters. The number of pyridine rings is 1. The number of hydrogen-bond acceptors (Lipinski definition) is 5. The molecule has 0 aliphatic carbocycles. The van der Waals surface area contributed by atoms with Gasteiger partial charge in [0.2, 0.25) is 5.91 Å². The van der Waals surface area contributed by atoms with E-state index in [1.54, 1.807) is 10.9 Å². The quantitative estimate of drug-likeness (QED) is 0.292. The van der Waals surface area contributed by atoms with Crippen molar-refractivity contribution in [3.05, 3.63) is 89.6 Å². The highest BCUT2D eigenvalue weighted by Gasteiger charge is 2.15. The third-order valence-electron chi connectivity index (χ3n) is 6.21. The largest absolute Gasteiger partial charge is 0.441 e. The van der Waals surface area contributed by atoms with E-state index in [-0.39, 0.29) is 12.3 Å². The van der Waals surface area contributed by atoms with Gasteiger partial charge in [-0.1, -0.05) is 56.3 Å². The molecule has 3 aromatic heterocycles. The van der Waals surface area contributed by atoms with Gasteiger partial charge in [-0.15, -0.1) is 0 Å². The van der Waals surface area contributed by atoms with Crippen molar-refractivity contribution in [1.29, 1.82) is 0 Å². The van der Waals surface area contributed by atoms with E-state index < -0.39 is 0 Å². The molecule has 1 N–H and O–H groups in total. The van der Waals surface area contributed by atoms with E-state index in [0.717, 1.165) is 27.7 Å². The van der Waals surface area contributed by atoms with Crippen LogP contribution in [-0.4, -0.2) is 25.7 Å². The van der Waals surface area contributed by atoms with E-state index in [0.29, 0.717) is 35.6 Å². The molecule has 2 aromatic carbocycles. The molecule has 36 heavy (non-hydrogen) atoms. The smallest absolute Gasteiger partial charge is 0.226 e. The number of oxazole rings is 1. The topological polar surface area (TPSA) is 85.8 Å². The molecule has 0 unspecified atom stereocenters. The minimum atomic E-state index is -0.144. The van der Waals surface area contributed by atoms with Gasteiger partial charge < -0.3 is 9.73 Å². The van der Waals surface area contributed by atoms with Gasteiger partial charge in [-0.25, -0.2) is 9.97 Å². The Morgan fingerprint density at radius 2 is 1.83 bits per heavy atom. The summed E-state index contributed by atoms with van der Waals surface area (Å²) in [5, 5.41) is 8.63. The number of aryl methyl sites for hydroxylation is 3. The number of carbonyl (C=O) groups is 1. The van der Waals surface area contributed by atoms with Crippen LogP contribution in [0, 0.1) is 13.8 Å². The average molecular weight is 480 g/mol. The predicted octanol–water partition coefficient (Wildman–Crippen LogP) is 6.39. The lowest BCUT2D eigenvalue weighted by Gasteiger charge is -2.10. The molecule has 0 spiro atoms. The highest BCUT2D eigenvalue weighted by atomic mass is 16.4. The number of hydrogen-bond donors (Lipinski definition) is 1. The number of aromatic nitrogens is 4. The van der Waals surface area contributed by atoms with Crippen molar-refractivity contribution in [3.63, 3.8) is 0 Å². The van der Waals surface area contributed by atoms with E-state index in [1.807, 2.05) is 62.4 Å². The molecule has 0 aliphatic rings. The summed E-state index contributed by atoms with van der Waals surface area (Å²) in [5.41, 5.74) is 5.02. The third-order valence-corrected chi connectivity index (χ3v) is 6.21. The summed E-state index contributed by atoms with van der Waals surface area (Å²) in [7, 11) is 0. The van der Waals surface area contributed by atoms with Gasteiger partial charge in [0.25, 0.3) is 0 Å². The highest BCUT2D eigenvalue weighted by molar-refractivity contribution is 5.90. The fourth-order valence-electron chi connectivity index (χ4n) is 4.22. The van der Waals surface area contributed by atoms with Gasteiger partial charge in [0.1, 0.15) is 5.82 Å². The number of anilines is 1. The summed E-state index contributed by atoms with van der Waals surface area (Å²) in [6.45, 7) is 8.27. The van der Waals surface area contributed by atoms with Gasteiger partial charge >= 0.3 is 0 Å². The zero-order chi connectivity index (χ0) is 25.2. The van der Waals surface area contributed by atoms with Crippen molar-refractivity contribution < 1.29 is 9.21 Å². The number of carbonyl (C=O) groups excluding carboxylic acids is 1. The Kier molecular flexibility index (Phi) is 6.38. The first-order chi connectivity index (χ1) is 17.4. The van der Waals surface area contributed by atoms with Crippen LogP contribution in [-0.2, 0) is 11.2 Å². The molecule has 182 valence electrons. The summed E-state index contributed by atoms with van der Waals surface area (Å²) in [4.78, 5) is 21.9. The Morgan fingerprint density at radius 3 is 2.61 bits per heavy atom. The molecule has 3 heterocycles. The second kappa shape index (κ2) is 9.77. The number of nitrogens with one attached hydrogen (secondary N) is 1. The van der Waals surface area contributed by atoms with E-state index in [2.05, 4.69) is 41.4 Å². The normalized spacial score (nSPS) is 11.4. The van der Waals surface area contributed by atoms with Crippen molar-refractivity contribution in [2.45, 2.75) is 46.5 Å². The van der Waals surface area contributed by atoms with Crippen LogP contribution >= 0.6 is 0 Å². The van der Waals surface area contributed by atoms with Crippen LogP contribution < -0.4 is 5.32 Å². The first-order valence-corrected chi connectivity index (χ1v) is 12.2. The van der Waals surface area contributed by atoms with Crippen molar-refractivity contribution in [1.82, 2.24) is 19.7 Å². The fourth-order valence-corrected chi connectivity index (χ4v) is 4.22. The van der Waals surface area contributed by atoms with Gasteiger partial charge in [-0.05, 0) is 43.0 Å². The number of fused-ring (bicyclic) bond motifs is 1. The first kappa shape index (κ1) is 23.5.